The van der Waals surface area contributed by atoms with E-state index in [0.717, 1.165) is 18.6 Å². The van der Waals surface area contributed by atoms with E-state index in [2.05, 4.69) is 5.32 Å². The van der Waals surface area contributed by atoms with Crippen molar-refractivity contribution in [3.05, 3.63) is 29.6 Å². The maximum Gasteiger partial charge on any atom is 0.254 e. The Bertz CT molecular complexity index is 385. The Morgan fingerprint density at radius 3 is 2.94 bits per heavy atom. The topological polar surface area (TPSA) is 55.1 Å². The van der Waals surface area contributed by atoms with Crippen molar-refractivity contribution >= 4 is 23.4 Å². The molecule has 0 radical (unpaired) electrons. The zero-order chi connectivity index (χ0) is 12.7. The van der Waals surface area contributed by atoms with Crippen LogP contribution in [0.1, 0.15) is 23.2 Å². The minimum Gasteiger partial charge on any atom is -0.399 e. The molecule has 0 saturated carbocycles. The van der Waals surface area contributed by atoms with Gasteiger partial charge in [-0.2, -0.15) is 11.8 Å². The second-order valence-corrected chi connectivity index (χ2v) is 4.68. The van der Waals surface area contributed by atoms with E-state index in [1.54, 1.807) is 11.8 Å². The molecule has 3 N–H and O–H groups in total. The predicted molar refractivity (Wildman–Crippen MR) is 70.8 cm³/mol. The van der Waals surface area contributed by atoms with Crippen LogP contribution in [-0.2, 0) is 0 Å². The number of unbranched alkanes of at least 4 members (excludes halogenated alkanes) is 1. The maximum absolute atomic E-state index is 13.3. The number of anilines is 1. The van der Waals surface area contributed by atoms with Crippen LogP contribution in [-0.4, -0.2) is 24.5 Å². The van der Waals surface area contributed by atoms with Crippen molar-refractivity contribution in [2.45, 2.75) is 12.8 Å². The molecule has 1 rings (SSSR count). The summed E-state index contributed by atoms with van der Waals surface area (Å²) in [7, 11) is 0. The summed E-state index contributed by atoms with van der Waals surface area (Å²) in [5.74, 6) is 0.127. The maximum atomic E-state index is 13.3. The molecule has 0 aliphatic heterocycles. The normalized spacial score (nSPS) is 10.2. The Morgan fingerprint density at radius 1 is 1.47 bits per heavy atom. The molecule has 1 aromatic rings. The number of nitrogens with one attached hydrogen (secondary N) is 1. The van der Waals surface area contributed by atoms with Crippen molar-refractivity contribution in [3.8, 4) is 0 Å². The van der Waals surface area contributed by atoms with Crippen LogP contribution < -0.4 is 11.1 Å². The fourth-order valence-corrected chi connectivity index (χ4v) is 1.88. The molecule has 0 aliphatic rings. The number of carbonyl (C=O) groups excluding carboxylic acids is 1. The number of thioether (sulfide) groups is 1. The van der Waals surface area contributed by atoms with Crippen molar-refractivity contribution in [1.29, 1.82) is 0 Å². The summed E-state index contributed by atoms with van der Waals surface area (Å²) in [6.07, 6.45) is 3.98. The van der Waals surface area contributed by atoms with E-state index in [0.29, 0.717) is 12.2 Å². The highest BCUT2D eigenvalue weighted by Gasteiger charge is 2.10. The smallest absolute Gasteiger partial charge is 0.254 e. The highest BCUT2D eigenvalue weighted by atomic mass is 32.2. The Labute approximate surface area is 105 Å². The lowest BCUT2D eigenvalue weighted by Crippen LogP contribution is -2.25. The Kier molecular flexibility index (Phi) is 5.83. The Balaban J connectivity index is 2.44. The molecular weight excluding hydrogens is 239 g/mol. The van der Waals surface area contributed by atoms with Crippen LogP contribution in [0.25, 0.3) is 0 Å². The quantitative estimate of drug-likeness (QED) is 0.606. The molecule has 0 saturated heterocycles. The summed E-state index contributed by atoms with van der Waals surface area (Å²) in [5.41, 5.74) is 5.91. The van der Waals surface area contributed by atoms with Crippen LogP contribution >= 0.6 is 11.8 Å². The van der Waals surface area contributed by atoms with E-state index in [4.69, 9.17) is 5.73 Å². The van der Waals surface area contributed by atoms with Crippen molar-refractivity contribution in [2.24, 2.45) is 0 Å². The second kappa shape index (κ2) is 7.17. The van der Waals surface area contributed by atoms with E-state index in [1.807, 2.05) is 6.26 Å². The molecular formula is C12H17FN2OS. The third-order valence-corrected chi connectivity index (χ3v) is 2.99. The minimum absolute atomic E-state index is 0.00914. The molecule has 5 heteroatoms. The average Bonchev–Trinajstić information content (AvgIpc) is 2.32. The molecule has 0 heterocycles. The van der Waals surface area contributed by atoms with Gasteiger partial charge in [-0.3, -0.25) is 4.79 Å². The first-order valence-electron chi connectivity index (χ1n) is 5.47. The van der Waals surface area contributed by atoms with Crippen LogP contribution in [0.15, 0.2) is 18.2 Å². The van der Waals surface area contributed by atoms with E-state index >= 15 is 0 Å². The number of nitrogens with two attached hydrogens (primary N) is 1. The van der Waals surface area contributed by atoms with Gasteiger partial charge in [0.1, 0.15) is 5.82 Å². The van der Waals surface area contributed by atoms with E-state index in [9.17, 15) is 9.18 Å². The van der Waals surface area contributed by atoms with Crippen LogP contribution in [0.4, 0.5) is 10.1 Å². The first-order valence-corrected chi connectivity index (χ1v) is 6.86. The van der Waals surface area contributed by atoms with Crippen molar-refractivity contribution in [2.75, 3.05) is 24.3 Å². The van der Waals surface area contributed by atoms with Crippen molar-refractivity contribution < 1.29 is 9.18 Å². The van der Waals surface area contributed by atoms with Gasteiger partial charge in [-0.1, -0.05) is 0 Å². The van der Waals surface area contributed by atoms with Gasteiger partial charge in [-0.05, 0) is 43.0 Å². The summed E-state index contributed by atoms with van der Waals surface area (Å²) in [4.78, 5) is 11.6. The molecule has 1 aromatic carbocycles. The Morgan fingerprint density at radius 2 is 2.24 bits per heavy atom. The predicted octanol–water partition coefficient (Wildman–Crippen LogP) is 2.28. The summed E-state index contributed by atoms with van der Waals surface area (Å²) >= 11 is 1.77. The highest BCUT2D eigenvalue weighted by molar-refractivity contribution is 7.98. The number of amides is 1. The molecule has 0 bridgehead atoms. The molecule has 0 unspecified atom stereocenters. The fourth-order valence-electron chi connectivity index (χ4n) is 1.39. The molecule has 1 amide bonds. The van der Waals surface area contributed by atoms with Gasteiger partial charge in [0.25, 0.3) is 5.91 Å². The number of nitrogen functional groups attached to an aromatic ring is 1. The number of hydrogen-bond donors (Lipinski definition) is 2. The fraction of sp³-hybridized carbons (Fsp3) is 0.417. The monoisotopic (exact) mass is 256 g/mol. The first kappa shape index (κ1) is 13.8. The molecule has 0 aromatic heterocycles. The largest absolute Gasteiger partial charge is 0.399 e. The number of hydrogen-bond acceptors (Lipinski definition) is 3. The first-order chi connectivity index (χ1) is 8.15. The molecule has 0 fully saturated rings. The summed E-state index contributed by atoms with van der Waals surface area (Å²) in [5, 5.41) is 2.68. The third kappa shape index (κ3) is 4.65. The van der Waals surface area contributed by atoms with Crippen molar-refractivity contribution in [3.63, 3.8) is 0 Å². The summed E-state index contributed by atoms with van der Waals surface area (Å²) < 4.78 is 13.3. The van der Waals surface area contributed by atoms with Crippen LogP contribution in [0.5, 0.6) is 0 Å². The number of rotatable bonds is 6. The van der Waals surface area contributed by atoms with Gasteiger partial charge in [0.05, 0.1) is 5.56 Å². The molecule has 94 valence electrons. The molecule has 0 aliphatic carbocycles. The van der Waals surface area contributed by atoms with Gasteiger partial charge in [0, 0.05) is 12.2 Å². The van der Waals surface area contributed by atoms with Gasteiger partial charge >= 0.3 is 0 Å². The van der Waals surface area contributed by atoms with E-state index in [1.165, 1.54) is 18.2 Å². The standard InChI is InChI=1S/C12H17FN2OS/c1-17-7-3-2-6-15-12(16)10-8-9(14)4-5-11(10)13/h4-5,8H,2-3,6-7,14H2,1H3,(H,15,16). The van der Waals surface area contributed by atoms with Gasteiger partial charge in [-0.25, -0.2) is 4.39 Å². The van der Waals surface area contributed by atoms with Crippen LogP contribution in [0.3, 0.4) is 0 Å². The van der Waals surface area contributed by atoms with Crippen molar-refractivity contribution in [1.82, 2.24) is 5.32 Å². The third-order valence-electron chi connectivity index (χ3n) is 2.30. The second-order valence-electron chi connectivity index (χ2n) is 3.70. The van der Waals surface area contributed by atoms with Gasteiger partial charge in [0.2, 0.25) is 0 Å². The van der Waals surface area contributed by atoms with Crippen LogP contribution in [0, 0.1) is 5.82 Å². The molecule has 3 nitrogen and oxygen atoms in total. The average molecular weight is 256 g/mol. The lowest BCUT2D eigenvalue weighted by atomic mass is 10.1. The number of carbonyl (C=O) groups is 1. The highest BCUT2D eigenvalue weighted by Crippen LogP contribution is 2.11. The zero-order valence-corrected chi connectivity index (χ0v) is 10.6. The Hall–Kier alpha value is -1.23. The van der Waals surface area contributed by atoms with E-state index in [-0.39, 0.29) is 5.56 Å². The molecule has 0 spiro atoms. The zero-order valence-electron chi connectivity index (χ0n) is 9.83. The minimum atomic E-state index is -0.541. The van der Waals surface area contributed by atoms with Gasteiger partial charge in [0.15, 0.2) is 0 Å². The summed E-state index contributed by atoms with van der Waals surface area (Å²) in [6, 6.07) is 4.00. The molecule has 0 atom stereocenters. The lowest BCUT2D eigenvalue weighted by Gasteiger charge is -2.06. The SMILES string of the molecule is CSCCCCNC(=O)c1cc(N)ccc1F. The van der Waals surface area contributed by atoms with Crippen LogP contribution in [0.2, 0.25) is 0 Å². The van der Waals surface area contributed by atoms with Gasteiger partial charge in [-0.15, -0.1) is 0 Å². The lowest BCUT2D eigenvalue weighted by molar-refractivity contribution is 0.0949. The number of halogens is 1. The van der Waals surface area contributed by atoms with Gasteiger partial charge < -0.3 is 11.1 Å². The summed E-state index contributed by atoms with van der Waals surface area (Å²) in [6.45, 7) is 0.563. The number of benzene rings is 1. The van der Waals surface area contributed by atoms with E-state index < -0.39 is 11.7 Å². The molecule has 17 heavy (non-hydrogen) atoms.